The van der Waals surface area contributed by atoms with Crippen LogP contribution in [0.1, 0.15) is 36.1 Å². The van der Waals surface area contributed by atoms with E-state index in [9.17, 15) is 10.5 Å². The number of anilines is 3. The molecule has 0 unspecified atom stereocenters. The second-order valence-corrected chi connectivity index (χ2v) is 13.9. The van der Waals surface area contributed by atoms with E-state index in [-0.39, 0.29) is 0 Å². The smallest absolute Gasteiger partial charge is 0.140 e. The maximum Gasteiger partial charge on any atom is 0.140 e. The lowest BCUT2D eigenvalue weighted by molar-refractivity contribution is 0.631. The third kappa shape index (κ3) is 4.13. The number of hydrogen-bond acceptors (Lipinski definition) is 4. The summed E-state index contributed by atoms with van der Waals surface area (Å²) in [6.07, 6.45) is 0. The highest BCUT2D eigenvalue weighted by molar-refractivity contribution is 6.12. The fraction of sp³-hybridized carbons (Fsp3) is 0.0652. The molecule has 0 fully saturated rings. The van der Waals surface area contributed by atoms with Crippen molar-refractivity contribution in [2.45, 2.75) is 19.3 Å². The summed E-state index contributed by atoms with van der Waals surface area (Å²) in [5.74, 6) is 1.54. The molecule has 0 saturated carbocycles. The van der Waals surface area contributed by atoms with Gasteiger partial charge in [0.1, 0.15) is 11.6 Å². The van der Waals surface area contributed by atoms with Gasteiger partial charge >= 0.3 is 0 Å². The first-order chi connectivity index (χ1) is 25.5. The summed E-state index contributed by atoms with van der Waals surface area (Å²) in [6, 6.07) is 54.9. The molecule has 244 valence electrons. The molecule has 3 aromatic heterocycles. The normalized spacial score (nSPS) is 13.3. The Hall–Kier alpha value is -7.15. The van der Waals surface area contributed by atoms with Crippen LogP contribution in [0.15, 0.2) is 146 Å². The number of nitrogens with zero attached hydrogens (tertiary/aromatic N) is 6. The van der Waals surface area contributed by atoms with E-state index in [1.807, 2.05) is 42.5 Å². The van der Waals surface area contributed by atoms with E-state index in [1.54, 1.807) is 0 Å². The van der Waals surface area contributed by atoms with Crippen molar-refractivity contribution < 1.29 is 0 Å². The zero-order valence-corrected chi connectivity index (χ0v) is 28.5. The molecule has 0 bridgehead atoms. The summed E-state index contributed by atoms with van der Waals surface area (Å²) in [7, 11) is 0. The molecule has 6 aromatic carbocycles. The molecule has 0 radical (unpaired) electrons. The van der Waals surface area contributed by atoms with Crippen molar-refractivity contribution in [1.82, 2.24) is 14.1 Å². The van der Waals surface area contributed by atoms with Crippen LogP contribution in [0, 0.1) is 22.7 Å². The van der Waals surface area contributed by atoms with Gasteiger partial charge in [-0.25, -0.2) is 4.98 Å². The van der Waals surface area contributed by atoms with Crippen LogP contribution in [-0.2, 0) is 5.41 Å². The third-order valence-corrected chi connectivity index (χ3v) is 10.8. The highest BCUT2D eigenvalue weighted by Gasteiger charge is 2.38. The molecule has 10 rings (SSSR count). The Bertz CT molecular complexity index is 2920. The van der Waals surface area contributed by atoms with Crippen molar-refractivity contribution in [1.29, 1.82) is 10.5 Å². The summed E-state index contributed by atoms with van der Waals surface area (Å²) in [6.45, 7) is 4.31. The van der Waals surface area contributed by atoms with E-state index in [1.165, 1.54) is 21.8 Å². The number of rotatable bonds is 3. The summed E-state index contributed by atoms with van der Waals surface area (Å²) in [5, 5.41) is 24.4. The van der Waals surface area contributed by atoms with Gasteiger partial charge in [-0.2, -0.15) is 10.5 Å². The van der Waals surface area contributed by atoms with Crippen LogP contribution in [0.3, 0.4) is 0 Å². The minimum absolute atomic E-state index is 0.445. The average Bonchev–Trinajstić information content (AvgIpc) is 3.70. The van der Waals surface area contributed by atoms with Crippen LogP contribution in [0.2, 0.25) is 0 Å². The fourth-order valence-corrected chi connectivity index (χ4v) is 8.33. The monoisotopic (exact) mass is 666 g/mol. The Morgan fingerprint density at radius 1 is 0.481 bits per heavy atom. The number of hydrogen-bond donors (Lipinski definition) is 0. The molecule has 9 aromatic rings. The van der Waals surface area contributed by atoms with E-state index in [2.05, 4.69) is 143 Å². The van der Waals surface area contributed by atoms with Crippen LogP contribution in [-0.4, -0.2) is 14.1 Å². The summed E-state index contributed by atoms with van der Waals surface area (Å²) < 4.78 is 4.61. The topological polar surface area (TPSA) is 73.6 Å². The van der Waals surface area contributed by atoms with Crippen LogP contribution < -0.4 is 4.90 Å². The first-order valence-corrected chi connectivity index (χ1v) is 17.3. The lowest BCUT2D eigenvalue weighted by Crippen LogP contribution is -2.31. The summed E-state index contributed by atoms with van der Waals surface area (Å²) in [5.41, 5.74) is 10.3. The zero-order valence-electron chi connectivity index (χ0n) is 28.5. The van der Waals surface area contributed by atoms with Crippen LogP contribution in [0.4, 0.5) is 17.2 Å². The predicted molar refractivity (Wildman–Crippen MR) is 209 cm³/mol. The molecular formula is C46H30N6. The predicted octanol–water partition coefficient (Wildman–Crippen LogP) is 11.1. The Morgan fingerprint density at radius 3 is 1.56 bits per heavy atom. The third-order valence-electron chi connectivity index (χ3n) is 10.8. The summed E-state index contributed by atoms with van der Waals surface area (Å²) >= 11 is 0. The van der Waals surface area contributed by atoms with Crippen LogP contribution in [0.25, 0.3) is 55.1 Å². The van der Waals surface area contributed by atoms with E-state index >= 15 is 0 Å². The van der Waals surface area contributed by atoms with E-state index in [4.69, 9.17) is 4.98 Å². The molecule has 6 nitrogen and oxygen atoms in total. The second-order valence-electron chi connectivity index (χ2n) is 13.9. The molecule has 0 aliphatic carbocycles. The number of pyridine rings is 1. The molecule has 4 heterocycles. The molecule has 1 aliphatic rings. The molecule has 0 N–H and O–H groups in total. The number of fused-ring (bicyclic) bond motifs is 8. The largest absolute Gasteiger partial charge is 0.309 e. The maximum absolute atomic E-state index is 9.83. The number of para-hydroxylation sites is 3. The van der Waals surface area contributed by atoms with Crippen molar-refractivity contribution in [2.75, 3.05) is 4.90 Å². The van der Waals surface area contributed by atoms with Gasteiger partial charge in [0.05, 0.1) is 56.7 Å². The minimum atomic E-state index is -0.445. The molecule has 6 heteroatoms. The Balaban J connectivity index is 1.19. The van der Waals surface area contributed by atoms with Gasteiger partial charge < -0.3 is 4.57 Å². The number of aromatic nitrogens is 3. The Labute approximate surface area is 300 Å². The van der Waals surface area contributed by atoms with Crippen molar-refractivity contribution in [3.63, 3.8) is 0 Å². The van der Waals surface area contributed by atoms with E-state index in [0.29, 0.717) is 11.1 Å². The number of benzene rings is 6. The second kappa shape index (κ2) is 10.9. The first kappa shape index (κ1) is 29.7. The van der Waals surface area contributed by atoms with Gasteiger partial charge in [-0.1, -0.05) is 74.5 Å². The van der Waals surface area contributed by atoms with Crippen molar-refractivity contribution >= 4 is 60.8 Å². The maximum atomic E-state index is 9.83. The highest BCUT2D eigenvalue weighted by Crippen LogP contribution is 2.52. The lowest BCUT2D eigenvalue weighted by Gasteiger charge is -2.41. The molecule has 52 heavy (non-hydrogen) atoms. The quantitative estimate of drug-likeness (QED) is 0.188. The Kier molecular flexibility index (Phi) is 6.25. The SMILES string of the molecule is CC1(C)c2cc(C#N)ccc2N(c2cccc(-n3c4ccccc4c4cc(-n5c6ccccc6c6ccccc65)ccc43)n2)c2ccc(C#N)cc21. The van der Waals surface area contributed by atoms with Crippen LogP contribution in [0.5, 0.6) is 0 Å². The minimum Gasteiger partial charge on any atom is -0.309 e. The zero-order chi connectivity index (χ0) is 35.1. The molecule has 0 spiro atoms. The van der Waals surface area contributed by atoms with E-state index < -0.39 is 5.41 Å². The summed E-state index contributed by atoms with van der Waals surface area (Å²) in [4.78, 5) is 7.54. The van der Waals surface area contributed by atoms with E-state index in [0.717, 1.165) is 61.6 Å². The van der Waals surface area contributed by atoms with Crippen LogP contribution >= 0.6 is 0 Å². The van der Waals surface area contributed by atoms with Gasteiger partial charge in [0.15, 0.2) is 0 Å². The molecule has 0 atom stereocenters. The van der Waals surface area contributed by atoms with Gasteiger partial charge in [0, 0.05) is 32.6 Å². The van der Waals surface area contributed by atoms with Gasteiger partial charge in [0.2, 0.25) is 0 Å². The van der Waals surface area contributed by atoms with Gasteiger partial charge in [-0.05, 0) is 96.1 Å². The van der Waals surface area contributed by atoms with Crippen molar-refractivity contribution in [2.24, 2.45) is 0 Å². The van der Waals surface area contributed by atoms with Crippen molar-refractivity contribution in [3.05, 3.63) is 168 Å². The molecule has 0 saturated heterocycles. The average molecular weight is 667 g/mol. The van der Waals surface area contributed by atoms with Gasteiger partial charge in [0.25, 0.3) is 0 Å². The van der Waals surface area contributed by atoms with Crippen molar-refractivity contribution in [3.8, 4) is 23.6 Å². The van der Waals surface area contributed by atoms with Gasteiger partial charge in [-0.3, -0.25) is 9.47 Å². The Morgan fingerprint density at radius 2 is 0.981 bits per heavy atom. The lowest BCUT2D eigenvalue weighted by atomic mass is 9.73. The molecule has 1 aliphatic heterocycles. The number of nitriles is 2. The molecule has 0 amide bonds. The van der Waals surface area contributed by atoms with Gasteiger partial charge in [-0.15, -0.1) is 0 Å². The highest BCUT2D eigenvalue weighted by atomic mass is 15.2. The fourth-order valence-electron chi connectivity index (χ4n) is 8.33. The molecular weight excluding hydrogens is 637 g/mol. The first-order valence-electron chi connectivity index (χ1n) is 17.3. The standard InChI is InChI=1S/C46H30N6/c1-46(2)36-24-29(27-47)18-21-42(36)52(43-22-19-30(28-48)25-37(43)46)45-17-9-16-44(49-45)51-40-15-8-5-12-34(40)35-26-31(20-23-41(35)51)50-38-13-6-3-10-32(38)33-11-4-7-14-39(33)50/h3-26H,1-2H3.